The molecular formula is C11H23NO. The highest BCUT2D eigenvalue weighted by molar-refractivity contribution is 4.81. The zero-order valence-corrected chi connectivity index (χ0v) is 9.01. The maximum absolute atomic E-state index is 5.45. The molecule has 1 fully saturated rings. The average Bonchev–Trinajstić information content (AvgIpc) is 2.92. The SMILES string of the molecule is CCCOCCC(C)CNC1CC1. The second-order valence-electron chi connectivity index (χ2n) is 4.19. The zero-order chi connectivity index (χ0) is 9.52. The molecule has 1 N–H and O–H groups in total. The van der Waals surface area contributed by atoms with Crippen molar-refractivity contribution < 1.29 is 4.74 Å². The van der Waals surface area contributed by atoms with Crippen LogP contribution in [0.2, 0.25) is 0 Å². The van der Waals surface area contributed by atoms with Crippen molar-refractivity contribution in [3.05, 3.63) is 0 Å². The summed E-state index contributed by atoms with van der Waals surface area (Å²) in [6, 6.07) is 0.846. The lowest BCUT2D eigenvalue weighted by Crippen LogP contribution is -2.23. The molecule has 2 heteroatoms. The second kappa shape index (κ2) is 6.39. The van der Waals surface area contributed by atoms with Crippen molar-refractivity contribution in [1.82, 2.24) is 5.32 Å². The molecule has 1 rings (SSSR count). The molecule has 0 heterocycles. The van der Waals surface area contributed by atoms with Crippen LogP contribution >= 0.6 is 0 Å². The molecule has 0 amide bonds. The van der Waals surface area contributed by atoms with Crippen molar-refractivity contribution in [3.8, 4) is 0 Å². The monoisotopic (exact) mass is 185 g/mol. The fraction of sp³-hybridized carbons (Fsp3) is 1.00. The fourth-order valence-electron chi connectivity index (χ4n) is 1.29. The summed E-state index contributed by atoms with van der Waals surface area (Å²) in [6.45, 7) is 7.47. The molecule has 13 heavy (non-hydrogen) atoms. The van der Waals surface area contributed by atoms with E-state index in [1.165, 1.54) is 25.8 Å². The summed E-state index contributed by atoms with van der Waals surface area (Å²) in [6.07, 6.45) is 5.10. The van der Waals surface area contributed by atoms with Crippen LogP contribution in [0.25, 0.3) is 0 Å². The van der Waals surface area contributed by atoms with Gasteiger partial charge in [-0.2, -0.15) is 0 Å². The van der Waals surface area contributed by atoms with Gasteiger partial charge in [-0.05, 0) is 38.1 Å². The minimum Gasteiger partial charge on any atom is -0.381 e. The third kappa shape index (κ3) is 6.05. The second-order valence-corrected chi connectivity index (χ2v) is 4.19. The maximum atomic E-state index is 5.45. The van der Waals surface area contributed by atoms with E-state index in [1.807, 2.05) is 0 Å². The van der Waals surface area contributed by atoms with Crippen LogP contribution in [0.15, 0.2) is 0 Å². The summed E-state index contributed by atoms with van der Waals surface area (Å²) in [4.78, 5) is 0. The minimum absolute atomic E-state index is 0.762. The van der Waals surface area contributed by atoms with E-state index >= 15 is 0 Å². The van der Waals surface area contributed by atoms with E-state index in [-0.39, 0.29) is 0 Å². The highest BCUT2D eigenvalue weighted by Gasteiger charge is 2.20. The van der Waals surface area contributed by atoms with Gasteiger partial charge in [0.25, 0.3) is 0 Å². The summed E-state index contributed by atoms with van der Waals surface area (Å²) >= 11 is 0. The lowest BCUT2D eigenvalue weighted by molar-refractivity contribution is 0.122. The summed E-state index contributed by atoms with van der Waals surface area (Å²) in [5.74, 6) is 0.762. The van der Waals surface area contributed by atoms with E-state index in [0.29, 0.717) is 0 Å². The summed E-state index contributed by atoms with van der Waals surface area (Å²) in [7, 11) is 0. The molecule has 0 radical (unpaired) electrons. The van der Waals surface area contributed by atoms with E-state index in [9.17, 15) is 0 Å². The summed E-state index contributed by atoms with van der Waals surface area (Å²) in [5, 5.41) is 3.54. The first kappa shape index (κ1) is 11.0. The molecule has 1 aliphatic carbocycles. The molecule has 1 unspecified atom stereocenters. The third-order valence-electron chi connectivity index (χ3n) is 2.44. The van der Waals surface area contributed by atoms with Gasteiger partial charge < -0.3 is 10.1 Å². The van der Waals surface area contributed by atoms with Crippen LogP contribution in [-0.4, -0.2) is 25.8 Å². The van der Waals surface area contributed by atoms with Crippen molar-refractivity contribution in [3.63, 3.8) is 0 Å². The van der Waals surface area contributed by atoms with Gasteiger partial charge in [-0.25, -0.2) is 0 Å². The first-order valence-electron chi connectivity index (χ1n) is 5.64. The third-order valence-corrected chi connectivity index (χ3v) is 2.44. The molecule has 0 spiro atoms. The van der Waals surface area contributed by atoms with Gasteiger partial charge in [-0.1, -0.05) is 13.8 Å². The van der Waals surface area contributed by atoms with E-state index in [4.69, 9.17) is 4.74 Å². The van der Waals surface area contributed by atoms with Gasteiger partial charge in [0.15, 0.2) is 0 Å². The van der Waals surface area contributed by atoms with E-state index in [1.54, 1.807) is 0 Å². The quantitative estimate of drug-likeness (QED) is 0.585. The normalized spacial score (nSPS) is 18.9. The number of rotatable bonds is 8. The van der Waals surface area contributed by atoms with Gasteiger partial charge in [0.1, 0.15) is 0 Å². The molecule has 0 aromatic heterocycles. The molecule has 78 valence electrons. The standard InChI is InChI=1S/C11H23NO/c1-3-7-13-8-6-10(2)9-12-11-4-5-11/h10-12H,3-9H2,1-2H3. The number of hydrogen-bond acceptors (Lipinski definition) is 2. The average molecular weight is 185 g/mol. The Morgan fingerprint density at radius 3 is 2.77 bits per heavy atom. The summed E-state index contributed by atoms with van der Waals surface area (Å²) in [5.41, 5.74) is 0. The Morgan fingerprint density at radius 2 is 2.15 bits per heavy atom. The first-order valence-corrected chi connectivity index (χ1v) is 5.64. The maximum Gasteiger partial charge on any atom is 0.0469 e. The number of hydrogen-bond donors (Lipinski definition) is 1. The van der Waals surface area contributed by atoms with Crippen LogP contribution in [0.1, 0.15) is 39.5 Å². The minimum atomic E-state index is 0.762. The Labute approximate surface area is 82.0 Å². The highest BCUT2D eigenvalue weighted by Crippen LogP contribution is 2.19. The lowest BCUT2D eigenvalue weighted by atomic mass is 10.1. The zero-order valence-electron chi connectivity index (χ0n) is 9.01. The Morgan fingerprint density at radius 1 is 1.38 bits per heavy atom. The van der Waals surface area contributed by atoms with Gasteiger partial charge in [0, 0.05) is 19.3 Å². The Hall–Kier alpha value is -0.0800. The van der Waals surface area contributed by atoms with Crippen molar-refractivity contribution in [2.75, 3.05) is 19.8 Å². The summed E-state index contributed by atoms with van der Waals surface area (Å²) < 4.78 is 5.45. The van der Waals surface area contributed by atoms with Crippen LogP contribution < -0.4 is 5.32 Å². The van der Waals surface area contributed by atoms with Crippen LogP contribution in [0.4, 0.5) is 0 Å². The van der Waals surface area contributed by atoms with E-state index < -0.39 is 0 Å². The van der Waals surface area contributed by atoms with E-state index in [0.717, 1.165) is 31.6 Å². The topological polar surface area (TPSA) is 21.3 Å². The van der Waals surface area contributed by atoms with Gasteiger partial charge in [0.05, 0.1) is 0 Å². The molecule has 1 saturated carbocycles. The molecule has 0 saturated heterocycles. The molecule has 0 aliphatic heterocycles. The molecule has 1 aliphatic rings. The van der Waals surface area contributed by atoms with Gasteiger partial charge in [0.2, 0.25) is 0 Å². The van der Waals surface area contributed by atoms with Crippen LogP contribution in [-0.2, 0) is 4.74 Å². The van der Waals surface area contributed by atoms with Gasteiger partial charge in [-0.3, -0.25) is 0 Å². The van der Waals surface area contributed by atoms with Crippen molar-refractivity contribution >= 4 is 0 Å². The molecule has 0 aromatic carbocycles. The predicted molar refractivity (Wildman–Crippen MR) is 55.9 cm³/mol. The van der Waals surface area contributed by atoms with Gasteiger partial charge in [-0.15, -0.1) is 0 Å². The Kier molecular flexibility index (Phi) is 5.40. The molecule has 0 aromatic rings. The van der Waals surface area contributed by atoms with Gasteiger partial charge >= 0.3 is 0 Å². The largest absolute Gasteiger partial charge is 0.381 e. The molecule has 2 nitrogen and oxygen atoms in total. The molecular weight excluding hydrogens is 162 g/mol. The van der Waals surface area contributed by atoms with Crippen molar-refractivity contribution in [2.24, 2.45) is 5.92 Å². The Balaban J connectivity index is 1.81. The predicted octanol–water partition coefficient (Wildman–Crippen LogP) is 2.19. The molecule has 0 bridgehead atoms. The molecule has 1 atom stereocenters. The van der Waals surface area contributed by atoms with Crippen LogP contribution in [0.5, 0.6) is 0 Å². The number of ether oxygens (including phenoxy) is 1. The van der Waals surface area contributed by atoms with Crippen molar-refractivity contribution in [1.29, 1.82) is 0 Å². The number of nitrogens with one attached hydrogen (secondary N) is 1. The van der Waals surface area contributed by atoms with Crippen LogP contribution in [0, 0.1) is 5.92 Å². The Bertz CT molecular complexity index is 123. The van der Waals surface area contributed by atoms with E-state index in [2.05, 4.69) is 19.2 Å². The van der Waals surface area contributed by atoms with Crippen molar-refractivity contribution in [2.45, 2.75) is 45.6 Å². The smallest absolute Gasteiger partial charge is 0.0469 e. The fourth-order valence-corrected chi connectivity index (χ4v) is 1.29. The highest BCUT2D eigenvalue weighted by atomic mass is 16.5. The van der Waals surface area contributed by atoms with Crippen LogP contribution in [0.3, 0.4) is 0 Å². The first-order chi connectivity index (χ1) is 6.33. The lowest BCUT2D eigenvalue weighted by Gasteiger charge is -2.11.